The molecule has 0 bridgehead atoms. The van der Waals surface area contributed by atoms with Crippen LogP contribution in [0, 0.1) is 0 Å². The first-order valence-electron chi connectivity index (χ1n) is 8.10. The monoisotopic (exact) mass is 321 g/mol. The number of hydrogen-bond donors (Lipinski definition) is 1. The van der Waals surface area contributed by atoms with Gasteiger partial charge in [-0.05, 0) is 18.1 Å². The lowest BCUT2D eigenvalue weighted by atomic mass is 10.3. The van der Waals surface area contributed by atoms with Crippen LogP contribution in [0.2, 0.25) is 0 Å². The highest BCUT2D eigenvalue weighted by atomic mass is 15.3. The van der Waals surface area contributed by atoms with Crippen LogP contribution in [0.1, 0.15) is 18.9 Å². The van der Waals surface area contributed by atoms with Gasteiger partial charge < -0.3 is 9.88 Å². The Morgan fingerprint density at radius 3 is 3.08 bits per heavy atom. The summed E-state index contributed by atoms with van der Waals surface area (Å²) in [6.45, 7) is 4.53. The van der Waals surface area contributed by atoms with E-state index in [-0.39, 0.29) is 0 Å². The van der Waals surface area contributed by atoms with Crippen LogP contribution >= 0.6 is 0 Å². The van der Waals surface area contributed by atoms with Crippen molar-refractivity contribution in [1.82, 2.24) is 29.6 Å². The Balaban J connectivity index is 1.59. The molecule has 4 rings (SSSR count). The fraction of sp³-hybridized carbons (Fsp3) is 0.294. The summed E-state index contributed by atoms with van der Waals surface area (Å²) in [7, 11) is 0. The highest BCUT2D eigenvalue weighted by Crippen LogP contribution is 2.12. The van der Waals surface area contributed by atoms with E-state index in [4.69, 9.17) is 0 Å². The van der Waals surface area contributed by atoms with Crippen LogP contribution < -0.4 is 10.8 Å². The molecule has 3 aromatic heterocycles. The van der Waals surface area contributed by atoms with Crippen molar-refractivity contribution in [3.63, 3.8) is 0 Å². The van der Waals surface area contributed by atoms with Gasteiger partial charge in [0.1, 0.15) is 17.8 Å². The fourth-order valence-electron chi connectivity index (χ4n) is 2.78. The Hall–Kier alpha value is -2.96. The van der Waals surface area contributed by atoms with Crippen molar-refractivity contribution < 1.29 is 0 Å². The van der Waals surface area contributed by atoms with Gasteiger partial charge in [-0.15, -0.1) is 0 Å². The van der Waals surface area contributed by atoms with Crippen LogP contribution in [0.4, 0.5) is 0 Å². The molecule has 0 unspecified atom stereocenters. The average molecular weight is 321 g/mol. The number of nitrogens with zero attached hydrogens (tertiary/aromatic N) is 6. The molecular weight excluding hydrogens is 302 g/mol. The Morgan fingerprint density at radius 2 is 2.25 bits per heavy atom. The van der Waals surface area contributed by atoms with E-state index in [9.17, 15) is 0 Å². The summed E-state index contributed by atoms with van der Waals surface area (Å²) in [4.78, 5) is 18.8. The summed E-state index contributed by atoms with van der Waals surface area (Å²) in [6, 6.07) is 3.97. The molecule has 24 heavy (non-hydrogen) atoms. The lowest BCUT2D eigenvalue weighted by Crippen LogP contribution is -2.36. The maximum Gasteiger partial charge on any atom is 0.176 e. The first-order chi connectivity index (χ1) is 11.8. The van der Waals surface area contributed by atoms with Gasteiger partial charge in [0.15, 0.2) is 5.49 Å². The molecule has 1 aliphatic heterocycles. The standard InChI is InChI=1S/C17H19N7/c1-2-6-23-11-15-17(19-12-23)22-16(21-15)14-8-20-24(10-14)9-13-4-3-5-18-7-13/h3-5,7-8,10-11H,2,6,9,12H2,1H3,(H,19,21,22). The Labute approximate surface area is 139 Å². The quantitative estimate of drug-likeness (QED) is 0.753. The van der Waals surface area contributed by atoms with Crippen molar-refractivity contribution in [2.45, 2.75) is 19.9 Å². The van der Waals surface area contributed by atoms with Gasteiger partial charge in [0.2, 0.25) is 0 Å². The predicted molar refractivity (Wildman–Crippen MR) is 90.3 cm³/mol. The van der Waals surface area contributed by atoms with E-state index in [1.54, 1.807) is 6.20 Å². The second-order valence-corrected chi connectivity index (χ2v) is 5.85. The van der Waals surface area contributed by atoms with Crippen molar-refractivity contribution >= 4 is 6.20 Å². The molecule has 7 heteroatoms. The number of aromatic amines is 1. The highest BCUT2D eigenvalue weighted by molar-refractivity contribution is 5.52. The molecule has 4 heterocycles. The lowest BCUT2D eigenvalue weighted by Gasteiger charge is -2.17. The second kappa shape index (κ2) is 6.27. The molecule has 0 radical (unpaired) electrons. The largest absolute Gasteiger partial charge is 0.356 e. The Morgan fingerprint density at radius 1 is 1.29 bits per heavy atom. The molecule has 0 aromatic carbocycles. The zero-order valence-corrected chi connectivity index (χ0v) is 13.6. The third-order valence-corrected chi connectivity index (χ3v) is 3.91. The molecule has 1 aliphatic rings. The average Bonchev–Trinajstić information content (AvgIpc) is 3.22. The maximum atomic E-state index is 4.59. The smallest absolute Gasteiger partial charge is 0.176 e. The van der Waals surface area contributed by atoms with Gasteiger partial charge >= 0.3 is 0 Å². The minimum absolute atomic E-state index is 0.672. The lowest BCUT2D eigenvalue weighted by molar-refractivity contribution is 0.410. The summed E-state index contributed by atoms with van der Waals surface area (Å²) >= 11 is 0. The van der Waals surface area contributed by atoms with E-state index in [0.717, 1.165) is 40.8 Å². The molecule has 1 N–H and O–H groups in total. The van der Waals surface area contributed by atoms with E-state index >= 15 is 0 Å². The minimum Gasteiger partial charge on any atom is -0.356 e. The summed E-state index contributed by atoms with van der Waals surface area (Å²) in [5.41, 5.74) is 2.85. The van der Waals surface area contributed by atoms with Crippen molar-refractivity contribution in [2.24, 2.45) is 4.99 Å². The van der Waals surface area contributed by atoms with Crippen molar-refractivity contribution in [2.75, 3.05) is 13.2 Å². The SMILES string of the molecule is CCCN1C=c2[nH]c(-c3cnn(Cc4cccnc4)c3)nc2=NC1. The van der Waals surface area contributed by atoms with Crippen LogP contribution in [0.15, 0.2) is 41.9 Å². The number of H-pyrrole nitrogens is 1. The van der Waals surface area contributed by atoms with Crippen LogP contribution in [0.5, 0.6) is 0 Å². The Kier molecular flexibility index (Phi) is 3.82. The van der Waals surface area contributed by atoms with Crippen molar-refractivity contribution in [3.8, 4) is 11.4 Å². The minimum atomic E-state index is 0.672. The van der Waals surface area contributed by atoms with Gasteiger partial charge in [-0.1, -0.05) is 13.0 Å². The zero-order valence-electron chi connectivity index (χ0n) is 13.6. The molecule has 7 nitrogen and oxygen atoms in total. The third kappa shape index (κ3) is 2.92. The molecule has 0 amide bonds. The molecule has 0 atom stereocenters. The predicted octanol–water partition coefficient (Wildman–Crippen LogP) is 0.757. The molecule has 0 spiro atoms. The Bertz CT molecular complexity index is 939. The summed E-state index contributed by atoms with van der Waals surface area (Å²) < 4.78 is 1.89. The molecule has 0 saturated heterocycles. The van der Waals surface area contributed by atoms with Crippen LogP contribution in [0.25, 0.3) is 17.6 Å². The molecule has 122 valence electrons. The topological polar surface area (TPSA) is 75.0 Å². The molecular formula is C17H19N7. The second-order valence-electron chi connectivity index (χ2n) is 5.85. The van der Waals surface area contributed by atoms with E-state index in [1.165, 1.54) is 0 Å². The summed E-state index contributed by atoms with van der Waals surface area (Å²) in [5, 5.41) is 5.38. The molecule has 0 fully saturated rings. The third-order valence-electron chi connectivity index (χ3n) is 3.91. The fourth-order valence-corrected chi connectivity index (χ4v) is 2.78. The maximum absolute atomic E-state index is 4.59. The number of hydrogen-bond acceptors (Lipinski definition) is 5. The van der Waals surface area contributed by atoms with Gasteiger partial charge in [0, 0.05) is 31.3 Å². The summed E-state index contributed by atoms with van der Waals surface area (Å²) in [6.07, 6.45) is 10.6. The van der Waals surface area contributed by atoms with Crippen LogP contribution in [-0.4, -0.2) is 42.8 Å². The molecule has 3 aromatic rings. The number of fused-ring (bicyclic) bond motifs is 1. The first kappa shape index (κ1) is 14.6. The van der Waals surface area contributed by atoms with Crippen molar-refractivity contribution in [1.29, 1.82) is 0 Å². The van der Waals surface area contributed by atoms with Gasteiger partial charge in [-0.3, -0.25) is 9.67 Å². The van der Waals surface area contributed by atoms with Gasteiger partial charge in [-0.2, -0.15) is 5.10 Å². The number of rotatable bonds is 5. The van der Waals surface area contributed by atoms with Gasteiger partial charge in [0.05, 0.1) is 18.3 Å². The van der Waals surface area contributed by atoms with E-state index in [0.29, 0.717) is 13.2 Å². The number of nitrogens with one attached hydrogen (secondary N) is 1. The number of imidazole rings is 1. The summed E-state index contributed by atoms with van der Waals surface area (Å²) in [5.74, 6) is 0.802. The molecule has 0 aliphatic carbocycles. The van der Waals surface area contributed by atoms with Crippen molar-refractivity contribution in [3.05, 3.63) is 53.3 Å². The van der Waals surface area contributed by atoms with E-state index < -0.39 is 0 Å². The normalized spacial score (nSPS) is 13.3. The number of pyridine rings is 1. The van der Waals surface area contributed by atoms with Crippen LogP contribution in [-0.2, 0) is 6.54 Å². The van der Waals surface area contributed by atoms with E-state index in [1.807, 2.05) is 35.4 Å². The number of aromatic nitrogens is 5. The van der Waals surface area contributed by atoms with Crippen LogP contribution in [0.3, 0.4) is 0 Å². The zero-order chi connectivity index (χ0) is 16.4. The highest BCUT2D eigenvalue weighted by Gasteiger charge is 2.10. The van der Waals surface area contributed by atoms with Gasteiger partial charge in [-0.25, -0.2) is 9.98 Å². The molecule has 0 saturated carbocycles. The van der Waals surface area contributed by atoms with Gasteiger partial charge in [0.25, 0.3) is 0 Å². The first-order valence-corrected chi connectivity index (χ1v) is 8.10. The van der Waals surface area contributed by atoms with E-state index in [2.05, 4.69) is 43.1 Å².